The zero-order valence-corrected chi connectivity index (χ0v) is 10.3. The third-order valence-electron chi connectivity index (χ3n) is 1.55. The van der Waals surface area contributed by atoms with Gasteiger partial charge in [0.1, 0.15) is 5.60 Å². The van der Waals surface area contributed by atoms with Crippen molar-refractivity contribution >= 4 is 6.09 Å². The fraction of sp³-hybridized carbons (Fsp3) is 0.583. The van der Waals surface area contributed by atoms with Crippen molar-refractivity contribution in [3.05, 3.63) is 24.3 Å². The van der Waals surface area contributed by atoms with E-state index in [1.807, 2.05) is 39.8 Å². The molecule has 0 N–H and O–H groups in total. The molecule has 0 heterocycles. The average molecular weight is 211 g/mol. The second kappa shape index (κ2) is 5.59. The van der Waals surface area contributed by atoms with Gasteiger partial charge in [-0.25, -0.2) is 4.79 Å². The van der Waals surface area contributed by atoms with E-state index in [-0.39, 0.29) is 6.09 Å². The molecule has 0 aliphatic rings. The molecule has 0 aromatic rings. The highest BCUT2D eigenvalue weighted by molar-refractivity contribution is 5.68. The molecule has 86 valence electrons. The number of carbonyl (C=O) groups excluding carboxylic acids is 1. The van der Waals surface area contributed by atoms with Gasteiger partial charge in [-0.2, -0.15) is 0 Å². The van der Waals surface area contributed by atoms with E-state index in [2.05, 4.69) is 6.58 Å². The maximum absolute atomic E-state index is 11.5. The zero-order valence-electron chi connectivity index (χ0n) is 10.3. The van der Waals surface area contributed by atoms with Crippen molar-refractivity contribution in [2.45, 2.75) is 33.3 Å². The van der Waals surface area contributed by atoms with E-state index in [1.165, 1.54) is 4.90 Å². The predicted octanol–water partition coefficient (Wildman–Crippen LogP) is 2.99. The van der Waals surface area contributed by atoms with E-state index < -0.39 is 5.60 Å². The molecule has 0 saturated heterocycles. The van der Waals surface area contributed by atoms with Gasteiger partial charge in [-0.05, 0) is 33.3 Å². The predicted molar refractivity (Wildman–Crippen MR) is 62.8 cm³/mol. The zero-order chi connectivity index (χ0) is 12.1. The highest BCUT2D eigenvalue weighted by Crippen LogP contribution is 2.09. The van der Waals surface area contributed by atoms with Crippen LogP contribution < -0.4 is 0 Å². The molecule has 0 aromatic carbocycles. The topological polar surface area (TPSA) is 29.5 Å². The molecule has 0 atom stereocenters. The lowest BCUT2D eigenvalue weighted by Gasteiger charge is -2.24. The number of hydrogen-bond donors (Lipinski definition) is 0. The summed E-state index contributed by atoms with van der Waals surface area (Å²) in [4.78, 5) is 13.0. The van der Waals surface area contributed by atoms with Gasteiger partial charge in [0.25, 0.3) is 0 Å². The van der Waals surface area contributed by atoms with Crippen LogP contribution in [0.4, 0.5) is 4.79 Å². The second-order valence-electron chi connectivity index (χ2n) is 4.49. The van der Waals surface area contributed by atoms with Crippen molar-refractivity contribution in [1.82, 2.24) is 4.90 Å². The number of nitrogens with zero attached hydrogens (tertiary/aromatic N) is 1. The quantitative estimate of drug-likeness (QED) is 0.672. The van der Waals surface area contributed by atoms with Gasteiger partial charge in [0.15, 0.2) is 0 Å². The third kappa shape index (κ3) is 6.77. The minimum absolute atomic E-state index is 0.326. The minimum atomic E-state index is -0.451. The molecule has 0 aromatic heterocycles. The van der Waals surface area contributed by atoms with Crippen molar-refractivity contribution in [2.24, 2.45) is 0 Å². The van der Waals surface area contributed by atoms with E-state index in [9.17, 15) is 4.79 Å². The number of hydrogen-bond acceptors (Lipinski definition) is 2. The van der Waals surface area contributed by atoms with Crippen LogP contribution in [0.5, 0.6) is 0 Å². The van der Waals surface area contributed by atoms with E-state index in [4.69, 9.17) is 4.74 Å². The summed E-state index contributed by atoms with van der Waals surface area (Å²) in [7, 11) is 1.70. The van der Waals surface area contributed by atoms with Crippen molar-refractivity contribution in [1.29, 1.82) is 0 Å². The summed E-state index contributed by atoms with van der Waals surface area (Å²) in [5.41, 5.74) is 0.429. The maximum atomic E-state index is 11.5. The SMILES string of the molecule is C=C(/C=C\C)CN(C)C(=O)OC(C)(C)C. The fourth-order valence-electron chi connectivity index (χ4n) is 0.997. The lowest BCUT2D eigenvalue weighted by Crippen LogP contribution is -2.35. The molecule has 0 aliphatic carbocycles. The summed E-state index contributed by atoms with van der Waals surface area (Å²) < 4.78 is 5.20. The van der Waals surface area contributed by atoms with E-state index in [1.54, 1.807) is 7.05 Å². The summed E-state index contributed by atoms with van der Waals surface area (Å²) in [6.45, 7) is 11.8. The molecule has 3 nitrogen and oxygen atoms in total. The Morgan fingerprint density at radius 2 is 2.00 bits per heavy atom. The Kier molecular flexibility index (Phi) is 5.12. The number of rotatable bonds is 3. The summed E-state index contributed by atoms with van der Waals surface area (Å²) in [5, 5.41) is 0. The van der Waals surface area contributed by atoms with E-state index in [0.717, 1.165) is 5.57 Å². The van der Waals surface area contributed by atoms with Crippen LogP contribution in [-0.4, -0.2) is 30.2 Å². The highest BCUT2D eigenvalue weighted by atomic mass is 16.6. The molecule has 0 bridgehead atoms. The fourth-order valence-corrected chi connectivity index (χ4v) is 0.997. The normalized spacial score (nSPS) is 11.5. The smallest absolute Gasteiger partial charge is 0.410 e. The first-order valence-corrected chi connectivity index (χ1v) is 5.01. The maximum Gasteiger partial charge on any atom is 0.410 e. The van der Waals surface area contributed by atoms with Crippen LogP contribution in [0.3, 0.4) is 0 Å². The van der Waals surface area contributed by atoms with Crippen LogP contribution in [0.2, 0.25) is 0 Å². The first-order valence-electron chi connectivity index (χ1n) is 5.01. The highest BCUT2D eigenvalue weighted by Gasteiger charge is 2.19. The van der Waals surface area contributed by atoms with Crippen LogP contribution in [0.1, 0.15) is 27.7 Å². The van der Waals surface area contributed by atoms with Crippen LogP contribution in [0.25, 0.3) is 0 Å². The van der Waals surface area contributed by atoms with Gasteiger partial charge < -0.3 is 9.64 Å². The van der Waals surface area contributed by atoms with E-state index in [0.29, 0.717) is 6.54 Å². The third-order valence-corrected chi connectivity index (χ3v) is 1.55. The number of amides is 1. The van der Waals surface area contributed by atoms with Gasteiger partial charge in [-0.15, -0.1) is 0 Å². The van der Waals surface area contributed by atoms with Crippen molar-refractivity contribution < 1.29 is 9.53 Å². The van der Waals surface area contributed by atoms with Crippen LogP contribution in [0.15, 0.2) is 24.3 Å². The first kappa shape index (κ1) is 13.8. The van der Waals surface area contributed by atoms with Gasteiger partial charge in [0, 0.05) is 13.6 Å². The standard InChI is InChI=1S/C12H21NO2/c1-7-8-10(2)9-13(6)11(14)15-12(3,4)5/h7-8H,2,9H2,1,3-6H3/b8-7-. The molecule has 0 unspecified atom stereocenters. The van der Waals surface area contributed by atoms with Gasteiger partial charge >= 0.3 is 6.09 Å². The molecule has 0 fully saturated rings. The molecule has 0 aliphatic heterocycles. The Morgan fingerprint density at radius 1 is 1.47 bits per heavy atom. The Balaban J connectivity index is 4.16. The van der Waals surface area contributed by atoms with Crippen LogP contribution >= 0.6 is 0 Å². The van der Waals surface area contributed by atoms with Gasteiger partial charge in [-0.3, -0.25) is 0 Å². The number of allylic oxidation sites excluding steroid dienone is 1. The van der Waals surface area contributed by atoms with Crippen LogP contribution in [-0.2, 0) is 4.74 Å². The molecule has 3 heteroatoms. The Labute approximate surface area is 92.4 Å². The number of likely N-dealkylation sites (N-methyl/N-ethyl adjacent to an activating group) is 1. The van der Waals surface area contributed by atoms with Gasteiger partial charge in [0.2, 0.25) is 0 Å². The van der Waals surface area contributed by atoms with Crippen molar-refractivity contribution in [2.75, 3.05) is 13.6 Å². The summed E-state index contributed by atoms with van der Waals surface area (Å²) >= 11 is 0. The molecular formula is C12H21NO2. The Bertz CT molecular complexity index is 261. The van der Waals surface area contributed by atoms with Gasteiger partial charge in [-0.1, -0.05) is 18.7 Å². The lowest BCUT2D eigenvalue weighted by atomic mass is 10.2. The number of carbonyl (C=O) groups is 1. The number of ether oxygens (including phenoxy) is 1. The monoisotopic (exact) mass is 211 g/mol. The second-order valence-corrected chi connectivity index (χ2v) is 4.49. The first-order chi connectivity index (χ1) is 6.76. The van der Waals surface area contributed by atoms with Crippen LogP contribution in [0, 0.1) is 0 Å². The van der Waals surface area contributed by atoms with Crippen molar-refractivity contribution in [3.8, 4) is 0 Å². The molecule has 1 amide bonds. The summed E-state index contributed by atoms with van der Waals surface area (Å²) in [6, 6.07) is 0. The lowest BCUT2D eigenvalue weighted by molar-refractivity contribution is 0.0315. The summed E-state index contributed by atoms with van der Waals surface area (Å²) in [5.74, 6) is 0. The van der Waals surface area contributed by atoms with E-state index >= 15 is 0 Å². The molecule has 0 saturated carbocycles. The molecule has 0 spiro atoms. The molecular weight excluding hydrogens is 190 g/mol. The minimum Gasteiger partial charge on any atom is -0.444 e. The van der Waals surface area contributed by atoms with Crippen molar-refractivity contribution in [3.63, 3.8) is 0 Å². The molecule has 15 heavy (non-hydrogen) atoms. The average Bonchev–Trinajstić information content (AvgIpc) is 2.00. The molecule has 0 radical (unpaired) electrons. The Hall–Kier alpha value is -1.25. The molecule has 0 rings (SSSR count). The Morgan fingerprint density at radius 3 is 2.40 bits per heavy atom. The largest absolute Gasteiger partial charge is 0.444 e. The van der Waals surface area contributed by atoms with Gasteiger partial charge in [0.05, 0.1) is 0 Å². The summed E-state index contributed by atoms with van der Waals surface area (Å²) in [6.07, 6.45) is 3.44.